The Morgan fingerprint density at radius 1 is 1.30 bits per heavy atom. The molecule has 0 bridgehead atoms. The highest BCUT2D eigenvalue weighted by Crippen LogP contribution is 2.32. The van der Waals surface area contributed by atoms with Crippen LogP contribution >= 0.6 is 0 Å². The van der Waals surface area contributed by atoms with Gasteiger partial charge in [0.1, 0.15) is 5.82 Å². The van der Waals surface area contributed by atoms with Crippen LogP contribution in [0.3, 0.4) is 0 Å². The van der Waals surface area contributed by atoms with Crippen molar-refractivity contribution in [1.29, 1.82) is 0 Å². The molecule has 4 nitrogen and oxygen atoms in total. The molecule has 0 spiro atoms. The fourth-order valence-corrected chi connectivity index (χ4v) is 2.45. The van der Waals surface area contributed by atoms with E-state index >= 15 is 0 Å². The summed E-state index contributed by atoms with van der Waals surface area (Å²) in [5, 5.41) is 2.78. The van der Waals surface area contributed by atoms with Gasteiger partial charge in [-0.05, 0) is 32.2 Å². The first kappa shape index (κ1) is 16.9. The van der Waals surface area contributed by atoms with Gasteiger partial charge in [-0.2, -0.15) is 13.2 Å². The summed E-state index contributed by atoms with van der Waals surface area (Å²) in [6.45, 7) is 1.73. The second-order valence-electron chi connectivity index (χ2n) is 4.18. The van der Waals surface area contributed by atoms with Crippen LogP contribution in [0.5, 0.6) is 0 Å². The van der Waals surface area contributed by atoms with Crippen molar-refractivity contribution >= 4 is 10.0 Å². The van der Waals surface area contributed by atoms with E-state index < -0.39 is 32.5 Å². The maximum atomic E-state index is 13.3. The Labute approximate surface area is 114 Å². The zero-order chi connectivity index (χ0) is 15.6. The molecule has 0 saturated carbocycles. The average molecular weight is 314 g/mol. The molecule has 0 amide bonds. The van der Waals surface area contributed by atoms with Gasteiger partial charge in [-0.3, -0.25) is 0 Å². The van der Waals surface area contributed by atoms with Crippen molar-refractivity contribution in [1.82, 2.24) is 10.0 Å². The predicted molar refractivity (Wildman–Crippen MR) is 65.1 cm³/mol. The summed E-state index contributed by atoms with van der Waals surface area (Å²) in [4.78, 5) is -0.550. The molecule has 0 saturated heterocycles. The van der Waals surface area contributed by atoms with Crippen molar-refractivity contribution in [3.8, 4) is 0 Å². The first-order valence-electron chi connectivity index (χ1n) is 5.61. The normalized spacial score (nSPS) is 14.3. The summed E-state index contributed by atoms with van der Waals surface area (Å²) in [5.74, 6) is -1.62. The van der Waals surface area contributed by atoms with Crippen LogP contribution in [0.25, 0.3) is 0 Å². The molecule has 0 aliphatic rings. The van der Waals surface area contributed by atoms with Crippen molar-refractivity contribution in [2.24, 2.45) is 0 Å². The van der Waals surface area contributed by atoms with Gasteiger partial charge in [-0.25, -0.2) is 17.5 Å². The van der Waals surface area contributed by atoms with Gasteiger partial charge >= 0.3 is 6.18 Å². The standard InChI is InChI=1S/C11H14F4N2O2S/c1-7(16-2)6-17-20(18,19)8-3-4-9(10(12)5-8)11(13,14)15/h3-5,7,16-17H,6H2,1-2H3. The zero-order valence-corrected chi connectivity index (χ0v) is 11.6. The minimum Gasteiger partial charge on any atom is -0.316 e. The molecule has 1 unspecified atom stereocenters. The summed E-state index contributed by atoms with van der Waals surface area (Å²) >= 11 is 0. The molecule has 1 atom stereocenters. The number of hydrogen-bond acceptors (Lipinski definition) is 3. The van der Waals surface area contributed by atoms with E-state index in [4.69, 9.17) is 0 Å². The summed E-state index contributed by atoms with van der Waals surface area (Å²) in [6, 6.07) is 1.31. The second-order valence-corrected chi connectivity index (χ2v) is 5.95. The largest absolute Gasteiger partial charge is 0.419 e. The minimum atomic E-state index is -4.86. The number of likely N-dealkylation sites (N-methyl/N-ethyl adjacent to an activating group) is 1. The number of halogens is 4. The van der Waals surface area contributed by atoms with Gasteiger partial charge in [0, 0.05) is 12.6 Å². The molecule has 2 N–H and O–H groups in total. The third-order valence-corrected chi connectivity index (χ3v) is 4.05. The fraction of sp³-hybridized carbons (Fsp3) is 0.455. The van der Waals surface area contributed by atoms with Crippen LogP contribution in [-0.2, 0) is 16.2 Å². The highest BCUT2D eigenvalue weighted by atomic mass is 32.2. The molecular formula is C11H14F4N2O2S. The number of alkyl halides is 3. The van der Waals surface area contributed by atoms with Gasteiger partial charge in [0.15, 0.2) is 0 Å². The summed E-state index contributed by atoms with van der Waals surface area (Å²) < 4.78 is 76.1. The number of nitrogens with one attached hydrogen (secondary N) is 2. The van der Waals surface area contributed by atoms with Gasteiger partial charge in [-0.15, -0.1) is 0 Å². The molecule has 0 aliphatic carbocycles. The quantitative estimate of drug-likeness (QED) is 0.814. The lowest BCUT2D eigenvalue weighted by Crippen LogP contribution is -2.37. The van der Waals surface area contributed by atoms with E-state index in [0.29, 0.717) is 12.1 Å². The van der Waals surface area contributed by atoms with Crippen molar-refractivity contribution in [3.63, 3.8) is 0 Å². The molecule has 0 aliphatic heterocycles. The maximum Gasteiger partial charge on any atom is 0.419 e. The highest BCUT2D eigenvalue weighted by molar-refractivity contribution is 7.89. The summed E-state index contributed by atoms with van der Waals surface area (Å²) in [5.41, 5.74) is -1.50. The molecule has 0 fully saturated rings. The van der Waals surface area contributed by atoms with Crippen LogP contribution in [0.15, 0.2) is 23.1 Å². The predicted octanol–water partition coefficient (Wildman–Crippen LogP) is 1.73. The SMILES string of the molecule is CNC(C)CNS(=O)(=O)c1ccc(C(F)(F)F)c(F)c1. The molecular weight excluding hydrogens is 300 g/mol. The monoisotopic (exact) mass is 314 g/mol. The van der Waals surface area contributed by atoms with Crippen LogP contribution in [0.4, 0.5) is 17.6 Å². The van der Waals surface area contributed by atoms with E-state index in [9.17, 15) is 26.0 Å². The van der Waals surface area contributed by atoms with Crippen LogP contribution < -0.4 is 10.0 Å². The lowest BCUT2D eigenvalue weighted by atomic mass is 10.2. The van der Waals surface area contributed by atoms with Gasteiger partial charge in [0.2, 0.25) is 10.0 Å². The van der Waals surface area contributed by atoms with E-state index in [-0.39, 0.29) is 12.6 Å². The van der Waals surface area contributed by atoms with Crippen LogP contribution in [0.2, 0.25) is 0 Å². The third-order valence-electron chi connectivity index (χ3n) is 2.63. The first-order chi connectivity index (χ1) is 9.08. The number of hydrogen-bond donors (Lipinski definition) is 2. The van der Waals surface area contributed by atoms with Crippen molar-refractivity contribution in [2.75, 3.05) is 13.6 Å². The van der Waals surface area contributed by atoms with E-state index in [1.807, 2.05) is 0 Å². The average Bonchev–Trinajstić information content (AvgIpc) is 2.34. The van der Waals surface area contributed by atoms with Crippen LogP contribution in [-0.4, -0.2) is 28.1 Å². The zero-order valence-electron chi connectivity index (χ0n) is 10.8. The van der Waals surface area contributed by atoms with Crippen LogP contribution in [0.1, 0.15) is 12.5 Å². The van der Waals surface area contributed by atoms with Gasteiger partial charge in [0.05, 0.1) is 10.5 Å². The molecule has 1 aromatic rings. The van der Waals surface area contributed by atoms with Crippen molar-refractivity contribution in [2.45, 2.75) is 24.0 Å². The topological polar surface area (TPSA) is 58.2 Å². The van der Waals surface area contributed by atoms with Gasteiger partial charge in [-0.1, -0.05) is 0 Å². The van der Waals surface area contributed by atoms with Crippen molar-refractivity contribution < 1.29 is 26.0 Å². The highest BCUT2D eigenvalue weighted by Gasteiger charge is 2.34. The molecule has 9 heteroatoms. The Kier molecular flexibility index (Phi) is 5.11. The molecule has 0 heterocycles. The second kappa shape index (κ2) is 6.06. The Morgan fingerprint density at radius 2 is 1.90 bits per heavy atom. The molecule has 0 radical (unpaired) electrons. The number of rotatable bonds is 5. The molecule has 1 aromatic carbocycles. The van der Waals surface area contributed by atoms with E-state index in [1.165, 1.54) is 0 Å². The van der Waals surface area contributed by atoms with Gasteiger partial charge < -0.3 is 5.32 Å². The van der Waals surface area contributed by atoms with Crippen LogP contribution in [0, 0.1) is 5.82 Å². The number of sulfonamides is 1. The lowest BCUT2D eigenvalue weighted by Gasteiger charge is -2.13. The minimum absolute atomic E-state index is 0.0292. The molecule has 20 heavy (non-hydrogen) atoms. The smallest absolute Gasteiger partial charge is 0.316 e. The Bertz CT molecular complexity index is 572. The fourth-order valence-electron chi connectivity index (χ4n) is 1.31. The summed E-state index contributed by atoms with van der Waals surface area (Å²) in [7, 11) is -2.43. The summed E-state index contributed by atoms with van der Waals surface area (Å²) in [6.07, 6.45) is -4.86. The Balaban J connectivity index is 3.01. The molecule has 0 aromatic heterocycles. The lowest BCUT2D eigenvalue weighted by molar-refractivity contribution is -0.140. The van der Waals surface area contributed by atoms with Crippen molar-refractivity contribution in [3.05, 3.63) is 29.6 Å². The Morgan fingerprint density at radius 3 is 2.35 bits per heavy atom. The maximum absolute atomic E-state index is 13.3. The third kappa shape index (κ3) is 4.15. The van der Waals surface area contributed by atoms with E-state index in [2.05, 4.69) is 10.0 Å². The van der Waals surface area contributed by atoms with E-state index in [0.717, 1.165) is 6.07 Å². The number of benzene rings is 1. The molecule has 114 valence electrons. The van der Waals surface area contributed by atoms with E-state index in [1.54, 1.807) is 14.0 Å². The van der Waals surface area contributed by atoms with Gasteiger partial charge in [0.25, 0.3) is 0 Å². The molecule has 1 rings (SSSR count). The Hall–Kier alpha value is -1.19. The first-order valence-corrected chi connectivity index (χ1v) is 7.10.